The van der Waals surface area contributed by atoms with Crippen molar-refractivity contribution in [2.75, 3.05) is 6.61 Å². The highest BCUT2D eigenvalue weighted by molar-refractivity contribution is 7.07. The summed E-state index contributed by atoms with van der Waals surface area (Å²) in [6.45, 7) is 5.33. The Morgan fingerprint density at radius 1 is 1.24 bits per heavy atom. The minimum absolute atomic E-state index is 0.0315. The Hall–Kier alpha value is -4.11. The van der Waals surface area contributed by atoms with Crippen molar-refractivity contribution in [2.24, 2.45) is 4.99 Å². The maximum atomic E-state index is 13.4. The number of hydrogen-bond acceptors (Lipinski definition) is 7. The van der Waals surface area contributed by atoms with Crippen molar-refractivity contribution in [3.05, 3.63) is 119 Å². The number of carbonyl (C=O) groups is 1. The number of non-ortho nitro benzene ring substituents is 1. The molecule has 0 N–H and O–H groups in total. The number of benzene rings is 2. The van der Waals surface area contributed by atoms with Gasteiger partial charge in [0.05, 0.1) is 26.8 Å². The Morgan fingerprint density at radius 3 is 2.58 bits per heavy atom. The van der Waals surface area contributed by atoms with Gasteiger partial charge in [0.2, 0.25) is 0 Å². The van der Waals surface area contributed by atoms with Crippen molar-refractivity contribution in [1.29, 1.82) is 0 Å². The van der Waals surface area contributed by atoms with E-state index in [-0.39, 0.29) is 23.4 Å². The Bertz CT molecular complexity index is 1450. The number of carbonyl (C=O) groups excluding carboxylic acids is 1. The predicted molar refractivity (Wildman–Crippen MR) is 124 cm³/mol. The number of allylic oxidation sites excluding steroid dienone is 1. The van der Waals surface area contributed by atoms with Gasteiger partial charge in [0.25, 0.3) is 11.2 Å². The first-order chi connectivity index (χ1) is 15.9. The molecule has 0 amide bonds. The van der Waals surface area contributed by atoms with Crippen molar-refractivity contribution < 1.29 is 14.5 Å². The summed E-state index contributed by atoms with van der Waals surface area (Å²) < 4.78 is 7.19. The third-order valence-electron chi connectivity index (χ3n) is 5.09. The molecule has 2 aromatic carbocycles. The smallest absolute Gasteiger partial charge is 0.338 e. The maximum Gasteiger partial charge on any atom is 0.338 e. The molecular formula is C24H19N3O5S. The number of nitro groups is 1. The van der Waals surface area contributed by atoms with Gasteiger partial charge in [0.1, 0.15) is 6.61 Å². The van der Waals surface area contributed by atoms with Gasteiger partial charge in [-0.1, -0.05) is 54.3 Å². The first kappa shape index (κ1) is 22.1. The molecule has 1 aliphatic rings. The molecule has 9 heteroatoms. The van der Waals surface area contributed by atoms with Gasteiger partial charge in [-0.3, -0.25) is 19.5 Å². The molecule has 0 bridgehead atoms. The molecule has 2 heterocycles. The third kappa shape index (κ3) is 4.31. The van der Waals surface area contributed by atoms with Crippen LogP contribution in [0.3, 0.4) is 0 Å². The Morgan fingerprint density at radius 2 is 1.94 bits per heavy atom. The summed E-state index contributed by atoms with van der Waals surface area (Å²) >= 11 is 1.19. The lowest BCUT2D eigenvalue weighted by atomic mass is 9.96. The first-order valence-electron chi connectivity index (χ1n) is 10.0. The summed E-state index contributed by atoms with van der Waals surface area (Å²) in [5.74, 6) is -0.561. The van der Waals surface area contributed by atoms with E-state index in [4.69, 9.17) is 4.74 Å². The molecule has 0 spiro atoms. The second-order valence-corrected chi connectivity index (χ2v) is 8.24. The van der Waals surface area contributed by atoms with E-state index < -0.39 is 16.9 Å². The summed E-state index contributed by atoms with van der Waals surface area (Å²) in [7, 11) is 0. The van der Waals surface area contributed by atoms with Crippen LogP contribution in [0, 0.1) is 10.1 Å². The number of esters is 1. The van der Waals surface area contributed by atoms with Crippen LogP contribution >= 0.6 is 11.3 Å². The van der Waals surface area contributed by atoms with E-state index in [1.54, 1.807) is 25.1 Å². The van der Waals surface area contributed by atoms with Crippen molar-refractivity contribution in [2.45, 2.75) is 13.0 Å². The lowest BCUT2D eigenvalue weighted by Gasteiger charge is -2.24. The van der Waals surface area contributed by atoms with Crippen molar-refractivity contribution in [3.8, 4) is 0 Å². The van der Waals surface area contributed by atoms with Crippen molar-refractivity contribution in [3.63, 3.8) is 0 Å². The van der Waals surface area contributed by atoms with Crippen LogP contribution in [-0.4, -0.2) is 22.1 Å². The Balaban J connectivity index is 1.88. The molecule has 0 saturated heterocycles. The fraction of sp³-hybridized carbons (Fsp3) is 0.125. The van der Waals surface area contributed by atoms with E-state index in [0.717, 1.165) is 5.56 Å². The molecule has 4 rings (SSSR count). The molecule has 8 nitrogen and oxygen atoms in total. The van der Waals surface area contributed by atoms with Crippen LogP contribution < -0.4 is 14.9 Å². The van der Waals surface area contributed by atoms with Crippen LogP contribution in [0.1, 0.15) is 24.1 Å². The summed E-state index contributed by atoms with van der Waals surface area (Å²) in [6, 6.07) is 14.4. The average Bonchev–Trinajstić information content (AvgIpc) is 3.11. The molecule has 0 radical (unpaired) electrons. The van der Waals surface area contributed by atoms with Gasteiger partial charge in [-0.15, -0.1) is 0 Å². The van der Waals surface area contributed by atoms with Gasteiger partial charge in [-0.25, -0.2) is 9.79 Å². The minimum atomic E-state index is -0.696. The van der Waals surface area contributed by atoms with E-state index in [9.17, 15) is 19.7 Å². The zero-order chi connectivity index (χ0) is 23.5. The van der Waals surface area contributed by atoms with Crippen LogP contribution in [-0.2, 0) is 9.53 Å². The van der Waals surface area contributed by atoms with Gasteiger partial charge in [-0.05, 0) is 36.3 Å². The van der Waals surface area contributed by atoms with Gasteiger partial charge < -0.3 is 4.74 Å². The largest absolute Gasteiger partial charge is 0.458 e. The van der Waals surface area contributed by atoms with E-state index in [0.29, 0.717) is 20.6 Å². The number of aromatic nitrogens is 1. The maximum absolute atomic E-state index is 13.4. The highest BCUT2D eigenvalue weighted by Crippen LogP contribution is 2.30. The van der Waals surface area contributed by atoms with Gasteiger partial charge in [0.15, 0.2) is 4.80 Å². The van der Waals surface area contributed by atoms with Crippen LogP contribution in [0.25, 0.3) is 6.08 Å². The lowest BCUT2D eigenvalue weighted by Crippen LogP contribution is -2.39. The van der Waals surface area contributed by atoms with Crippen molar-refractivity contribution >= 4 is 29.1 Å². The molecule has 166 valence electrons. The SMILES string of the molecule is C=CCOC(=O)C1=C(C)N=c2s/c(=C\c3ccc([N+](=O)[O-])cc3)c(=O)n2[C@H]1c1ccccc1. The summed E-state index contributed by atoms with van der Waals surface area (Å²) in [4.78, 5) is 41.7. The van der Waals surface area contributed by atoms with E-state index in [2.05, 4.69) is 11.6 Å². The van der Waals surface area contributed by atoms with Gasteiger partial charge in [0, 0.05) is 12.1 Å². The minimum Gasteiger partial charge on any atom is -0.458 e. The molecule has 0 fully saturated rings. The lowest BCUT2D eigenvalue weighted by molar-refractivity contribution is -0.384. The highest BCUT2D eigenvalue weighted by Gasteiger charge is 2.33. The molecule has 0 unspecified atom stereocenters. The summed E-state index contributed by atoms with van der Waals surface area (Å²) in [5.41, 5.74) is 1.81. The predicted octanol–water partition coefficient (Wildman–Crippen LogP) is 2.87. The van der Waals surface area contributed by atoms with Crippen LogP contribution in [0.2, 0.25) is 0 Å². The topological polar surface area (TPSA) is 104 Å². The number of thiazole rings is 1. The second-order valence-electron chi connectivity index (χ2n) is 7.23. The number of nitro benzene ring substituents is 1. The quantitative estimate of drug-likeness (QED) is 0.243. The molecule has 0 saturated carbocycles. The molecular weight excluding hydrogens is 442 g/mol. The van der Waals surface area contributed by atoms with Crippen LogP contribution in [0.15, 0.2) is 88.3 Å². The van der Waals surface area contributed by atoms with E-state index in [1.165, 1.54) is 34.1 Å². The normalized spacial score (nSPS) is 15.5. The molecule has 1 atom stereocenters. The number of fused-ring (bicyclic) bond motifs is 1. The number of rotatable bonds is 6. The van der Waals surface area contributed by atoms with E-state index >= 15 is 0 Å². The molecule has 1 aromatic heterocycles. The van der Waals surface area contributed by atoms with Crippen molar-refractivity contribution in [1.82, 2.24) is 4.57 Å². The second kappa shape index (κ2) is 9.17. The molecule has 3 aromatic rings. The highest BCUT2D eigenvalue weighted by atomic mass is 32.1. The molecule has 1 aliphatic heterocycles. The summed E-state index contributed by atoms with van der Waals surface area (Å²) in [5, 5.41) is 10.9. The van der Waals surface area contributed by atoms with Crippen LogP contribution in [0.4, 0.5) is 5.69 Å². The Kier molecular flexibility index (Phi) is 6.14. The zero-order valence-corrected chi connectivity index (χ0v) is 18.5. The van der Waals surface area contributed by atoms with Gasteiger partial charge >= 0.3 is 5.97 Å². The van der Waals surface area contributed by atoms with Crippen LogP contribution in [0.5, 0.6) is 0 Å². The third-order valence-corrected chi connectivity index (χ3v) is 6.07. The zero-order valence-electron chi connectivity index (χ0n) is 17.6. The van der Waals surface area contributed by atoms with E-state index in [1.807, 2.05) is 30.3 Å². The average molecular weight is 461 g/mol. The molecule has 33 heavy (non-hydrogen) atoms. The van der Waals surface area contributed by atoms with Gasteiger partial charge in [-0.2, -0.15) is 0 Å². The summed E-state index contributed by atoms with van der Waals surface area (Å²) in [6.07, 6.45) is 3.13. The number of hydrogen-bond donors (Lipinski definition) is 0. The standard InChI is InChI=1S/C24H19N3O5S/c1-3-13-32-23(29)20-15(2)25-24-26(21(20)17-7-5-4-6-8-17)22(28)19(33-24)14-16-9-11-18(12-10-16)27(30)31/h3-12,14,21H,1,13H2,2H3/b19-14-/t21-/m0/s1. The fourth-order valence-corrected chi connectivity index (χ4v) is 4.64. The monoisotopic (exact) mass is 461 g/mol. The Labute approximate surface area is 192 Å². The number of nitrogens with zero attached hydrogens (tertiary/aromatic N) is 3. The molecule has 0 aliphatic carbocycles. The first-order valence-corrected chi connectivity index (χ1v) is 10.8. The fourth-order valence-electron chi connectivity index (χ4n) is 3.59. The number of ether oxygens (including phenoxy) is 1.